The van der Waals surface area contributed by atoms with Gasteiger partial charge in [-0.05, 0) is 24.3 Å². The molecule has 0 amide bonds. The van der Waals surface area contributed by atoms with Gasteiger partial charge in [0.05, 0.1) is 27.2 Å². The summed E-state index contributed by atoms with van der Waals surface area (Å²) < 4.78 is 2.05. The molecule has 0 aliphatic rings. The summed E-state index contributed by atoms with van der Waals surface area (Å²) in [6.07, 6.45) is 1.97. The van der Waals surface area contributed by atoms with E-state index in [9.17, 15) is 10.1 Å². The molecule has 0 unspecified atom stereocenters. The summed E-state index contributed by atoms with van der Waals surface area (Å²) in [6.45, 7) is 0. The van der Waals surface area contributed by atoms with Gasteiger partial charge in [0, 0.05) is 23.9 Å². The van der Waals surface area contributed by atoms with E-state index in [0.717, 1.165) is 27.8 Å². The maximum Gasteiger partial charge on any atom is 0.270 e. The number of non-ortho nitro benzene ring substituents is 1. The zero-order chi connectivity index (χ0) is 15.1. The van der Waals surface area contributed by atoms with Crippen LogP contribution in [0.2, 0.25) is 0 Å². The molecule has 0 saturated carbocycles. The first kappa shape index (κ1) is 12.5. The molecule has 0 bridgehead atoms. The van der Waals surface area contributed by atoms with Crippen LogP contribution >= 0.6 is 0 Å². The summed E-state index contributed by atoms with van der Waals surface area (Å²) in [4.78, 5) is 15.3. The van der Waals surface area contributed by atoms with Crippen LogP contribution in [0.25, 0.3) is 27.8 Å². The molecular formula is C17H11N3O2. The quantitative estimate of drug-likeness (QED) is 0.413. The number of hydrogen-bond donors (Lipinski definition) is 0. The molecule has 2 aromatic heterocycles. The smallest absolute Gasteiger partial charge is 0.270 e. The van der Waals surface area contributed by atoms with Crippen LogP contribution in [0, 0.1) is 10.1 Å². The second-order valence-electron chi connectivity index (χ2n) is 5.02. The standard InChI is InChI=1S/C17H11N3O2/c21-20(22)13-6-3-5-12(11-13)17-16-9-4-10-19(16)15-8-2-1-7-14(15)18-17/h1-11H. The predicted octanol–water partition coefficient (Wildman–Crippen LogP) is 4.06. The Balaban J connectivity index is 2.07. The van der Waals surface area contributed by atoms with Crippen LogP contribution in [0.15, 0.2) is 66.9 Å². The summed E-state index contributed by atoms with van der Waals surface area (Å²) in [7, 11) is 0. The summed E-state index contributed by atoms with van der Waals surface area (Å²) in [5.74, 6) is 0. The second kappa shape index (κ2) is 4.66. The minimum absolute atomic E-state index is 0.0668. The van der Waals surface area contributed by atoms with Crippen LogP contribution < -0.4 is 0 Å². The van der Waals surface area contributed by atoms with Gasteiger partial charge in [0.25, 0.3) is 5.69 Å². The first-order valence-corrected chi connectivity index (χ1v) is 6.85. The number of nitro benzene ring substituents is 1. The van der Waals surface area contributed by atoms with Crippen LogP contribution in [0.4, 0.5) is 5.69 Å². The highest BCUT2D eigenvalue weighted by Crippen LogP contribution is 2.29. The van der Waals surface area contributed by atoms with E-state index in [1.807, 2.05) is 48.7 Å². The van der Waals surface area contributed by atoms with Gasteiger partial charge >= 0.3 is 0 Å². The largest absolute Gasteiger partial charge is 0.313 e. The predicted molar refractivity (Wildman–Crippen MR) is 84.8 cm³/mol. The molecule has 0 atom stereocenters. The average molecular weight is 289 g/mol. The van der Waals surface area contributed by atoms with Gasteiger partial charge in [-0.15, -0.1) is 0 Å². The normalized spacial score (nSPS) is 11.1. The summed E-state index contributed by atoms with van der Waals surface area (Å²) in [5, 5.41) is 11.0. The van der Waals surface area contributed by atoms with E-state index in [0.29, 0.717) is 0 Å². The third kappa shape index (κ3) is 1.83. The lowest BCUT2D eigenvalue weighted by Gasteiger charge is -2.08. The molecular weight excluding hydrogens is 278 g/mol. The fraction of sp³-hybridized carbons (Fsp3) is 0. The van der Waals surface area contributed by atoms with Crippen LogP contribution in [0.5, 0.6) is 0 Å². The van der Waals surface area contributed by atoms with Crippen molar-refractivity contribution in [3.05, 3.63) is 77.0 Å². The summed E-state index contributed by atoms with van der Waals surface area (Å²) in [5.41, 5.74) is 4.34. The highest BCUT2D eigenvalue weighted by atomic mass is 16.6. The van der Waals surface area contributed by atoms with Gasteiger partial charge < -0.3 is 4.40 Å². The molecule has 4 aromatic rings. The van der Waals surface area contributed by atoms with Crippen molar-refractivity contribution < 1.29 is 4.92 Å². The Labute approximate surface area is 125 Å². The molecule has 22 heavy (non-hydrogen) atoms. The van der Waals surface area contributed by atoms with Gasteiger partial charge in [-0.1, -0.05) is 24.3 Å². The summed E-state index contributed by atoms with van der Waals surface area (Å²) in [6, 6.07) is 18.3. The molecule has 0 aliphatic heterocycles. The molecule has 5 heteroatoms. The highest BCUT2D eigenvalue weighted by Gasteiger charge is 2.13. The Morgan fingerprint density at radius 1 is 0.955 bits per heavy atom. The van der Waals surface area contributed by atoms with Crippen LogP contribution in [-0.4, -0.2) is 14.3 Å². The third-order valence-electron chi connectivity index (χ3n) is 3.70. The number of nitrogens with zero attached hydrogens (tertiary/aromatic N) is 3. The minimum atomic E-state index is -0.389. The van der Waals surface area contributed by atoms with Crippen LogP contribution in [-0.2, 0) is 0 Å². The topological polar surface area (TPSA) is 60.4 Å². The van der Waals surface area contributed by atoms with Gasteiger partial charge in [0.1, 0.15) is 0 Å². The number of fused-ring (bicyclic) bond motifs is 3. The van der Waals surface area contributed by atoms with Crippen molar-refractivity contribution >= 4 is 22.2 Å². The van der Waals surface area contributed by atoms with Gasteiger partial charge in [-0.3, -0.25) is 10.1 Å². The Morgan fingerprint density at radius 2 is 1.77 bits per heavy atom. The molecule has 2 heterocycles. The lowest BCUT2D eigenvalue weighted by Crippen LogP contribution is -1.95. The lowest BCUT2D eigenvalue weighted by atomic mass is 10.1. The molecule has 0 spiro atoms. The number of aromatic nitrogens is 2. The maximum absolute atomic E-state index is 11.0. The molecule has 106 valence electrons. The van der Waals surface area contributed by atoms with Crippen molar-refractivity contribution in [2.75, 3.05) is 0 Å². The molecule has 0 N–H and O–H groups in total. The van der Waals surface area contributed by atoms with Crippen molar-refractivity contribution in [3.8, 4) is 11.3 Å². The SMILES string of the molecule is O=[N+]([O-])c1cccc(-c2nc3ccccc3n3cccc23)c1. The maximum atomic E-state index is 11.0. The Hall–Kier alpha value is -3.21. The second-order valence-corrected chi connectivity index (χ2v) is 5.02. The molecule has 0 radical (unpaired) electrons. The van der Waals surface area contributed by atoms with E-state index in [-0.39, 0.29) is 10.6 Å². The van der Waals surface area contributed by atoms with Gasteiger partial charge in [0.2, 0.25) is 0 Å². The van der Waals surface area contributed by atoms with Crippen molar-refractivity contribution in [2.45, 2.75) is 0 Å². The third-order valence-corrected chi connectivity index (χ3v) is 3.70. The first-order valence-electron chi connectivity index (χ1n) is 6.85. The minimum Gasteiger partial charge on any atom is -0.313 e. The van der Waals surface area contributed by atoms with Crippen molar-refractivity contribution in [2.24, 2.45) is 0 Å². The Bertz CT molecular complexity index is 1020. The van der Waals surface area contributed by atoms with Crippen LogP contribution in [0.3, 0.4) is 0 Å². The zero-order valence-corrected chi connectivity index (χ0v) is 11.5. The molecule has 5 nitrogen and oxygen atoms in total. The molecule has 0 aliphatic carbocycles. The van der Waals surface area contributed by atoms with E-state index in [2.05, 4.69) is 4.40 Å². The molecule has 0 fully saturated rings. The average Bonchev–Trinajstić information content (AvgIpc) is 3.04. The van der Waals surface area contributed by atoms with Gasteiger partial charge in [0.15, 0.2) is 0 Å². The van der Waals surface area contributed by atoms with E-state index >= 15 is 0 Å². The summed E-state index contributed by atoms with van der Waals surface area (Å²) >= 11 is 0. The monoisotopic (exact) mass is 289 g/mol. The number of para-hydroxylation sites is 2. The molecule has 4 rings (SSSR count). The molecule has 2 aromatic carbocycles. The Morgan fingerprint density at radius 3 is 2.64 bits per heavy atom. The van der Waals surface area contributed by atoms with E-state index in [4.69, 9.17) is 4.98 Å². The fourth-order valence-electron chi connectivity index (χ4n) is 2.70. The number of rotatable bonds is 2. The number of nitro groups is 1. The fourth-order valence-corrected chi connectivity index (χ4v) is 2.70. The van der Waals surface area contributed by atoms with Crippen molar-refractivity contribution in [1.29, 1.82) is 0 Å². The number of hydrogen-bond acceptors (Lipinski definition) is 3. The van der Waals surface area contributed by atoms with E-state index < -0.39 is 0 Å². The lowest BCUT2D eigenvalue weighted by molar-refractivity contribution is -0.384. The van der Waals surface area contributed by atoms with Gasteiger partial charge in [-0.25, -0.2) is 4.98 Å². The van der Waals surface area contributed by atoms with Crippen LogP contribution in [0.1, 0.15) is 0 Å². The van der Waals surface area contributed by atoms with Crippen molar-refractivity contribution in [1.82, 2.24) is 9.38 Å². The first-order chi connectivity index (χ1) is 10.7. The highest BCUT2D eigenvalue weighted by molar-refractivity contribution is 5.87. The Kier molecular flexibility index (Phi) is 2.66. The van der Waals surface area contributed by atoms with Crippen molar-refractivity contribution in [3.63, 3.8) is 0 Å². The van der Waals surface area contributed by atoms with E-state index in [1.54, 1.807) is 12.1 Å². The zero-order valence-electron chi connectivity index (χ0n) is 11.5. The number of benzene rings is 2. The molecule has 0 saturated heterocycles. The van der Waals surface area contributed by atoms with Gasteiger partial charge in [-0.2, -0.15) is 0 Å². The van der Waals surface area contributed by atoms with E-state index in [1.165, 1.54) is 6.07 Å².